The van der Waals surface area contributed by atoms with Gasteiger partial charge in [0.2, 0.25) is 11.8 Å². The highest BCUT2D eigenvalue weighted by atomic mass is 16.6. The normalized spacial score (nSPS) is 11.8. The van der Waals surface area contributed by atoms with Crippen molar-refractivity contribution < 1.29 is 67.4 Å². The van der Waals surface area contributed by atoms with Crippen molar-refractivity contribution in [2.75, 3.05) is 92.4 Å². The number of carbonyl (C=O) groups is 6. The smallest absolute Gasteiger partial charge is 0.306 e. The van der Waals surface area contributed by atoms with Crippen molar-refractivity contribution in [3.63, 3.8) is 0 Å². The average molecular weight is 847 g/mol. The molecule has 59 heavy (non-hydrogen) atoms. The summed E-state index contributed by atoms with van der Waals surface area (Å²) < 4.78 is 32.1. The second-order valence-electron chi connectivity index (χ2n) is 15.0. The summed E-state index contributed by atoms with van der Waals surface area (Å²) in [6.45, 7) is 7.47. The first kappa shape index (κ1) is 56.0. The van der Waals surface area contributed by atoms with Crippen LogP contribution in [-0.2, 0) is 57.2 Å². The van der Waals surface area contributed by atoms with E-state index in [1.807, 2.05) is 13.8 Å². The van der Waals surface area contributed by atoms with Gasteiger partial charge in [0.05, 0.1) is 72.0 Å². The number of unbranched alkanes of at least 4 members (excludes halogenated alkanes) is 13. The predicted octanol–water partition coefficient (Wildman–Crippen LogP) is 5.31. The largest absolute Gasteiger partial charge is 0.481 e. The highest BCUT2D eigenvalue weighted by molar-refractivity contribution is 5.84. The van der Waals surface area contributed by atoms with Crippen molar-refractivity contribution in [2.45, 2.75) is 136 Å². The lowest BCUT2D eigenvalue weighted by Gasteiger charge is -2.12. The number of nitrogens with one attached hydrogen (secondary N) is 2. The summed E-state index contributed by atoms with van der Waals surface area (Å²) in [4.78, 5) is 70.1. The van der Waals surface area contributed by atoms with Gasteiger partial charge in [-0.05, 0) is 19.3 Å². The Morgan fingerprint density at radius 3 is 1.29 bits per heavy atom. The van der Waals surface area contributed by atoms with E-state index in [1.165, 1.54) is 44.9 Å². The first-order valence-corrected chi connectivity index (χ1v) is 22.0. The first-order chi connectivity index (χ1) is 28.5. The number of carbonyl (C=O) groups excluding carboxylic acids is 4. The molecule has 2 amide bonds. The number of hydrogen-bond acceptors (Lipinski definition) is 12. The zero-order valence-corrected chi connectivity index (χ0v) is 36.3. The summed E-state index contributed by atoms with van der Waals surface area (Å²) in [7, 11) is 0. The number of Topliss-reactive ketones (excluding diaryl/α,β-unsaturated/α-hetero) is 2. The number of amides is 2. The van der Waals surface area contributed by atoms with Crippen molar-refractivity contribution in [1.82, 2.24) is 10.6 Å². The molecule has 16 nitrogen and oxygen atoms in total. The van der Waals surface area contributed by atoms with E-state index < -0.39 is 17.9 Å². The van der Waals surface area contributed by atoms with Crippen molar-refractivity contribution in [3.8, 4) is 0 Å². The predicted molar refractivity (Wildman–Crippen MR) is 222 cm³/mol. The van der Waals surface area contributed by atoms with Crippen LogP contribution in [0.15, 0.2) is 0 Å². The second-order valence-corrected chi connectivity index (χ2v) is 15.0. The Morgan fingerprint density at radius 1 is 0.458 bits per heavy atom. The average Bonchev–Trinajstić information content (AvgIpc) is 3.19. The molecular weight excluding hydrogens is 768 g/mol. The van der Waals surface area contributed by atoms with Gasteiger partial charge in [-0.3, -0.25) is 28.8 Å². The Kier molecular flexibility index (Phi) is 39.6. The molecule has 344 valence electrons. The molecule has 0 aromatic rings. The number of aliphatic carboxylic acids is 2. The fourth-order valence-electron chi connectivity index (χ4n) is 5.76. The summed E-state index contributed by atoms with van der Waals surface area (Å²) in [6, 6.07) is 0. The topological polar surface area (TPSA) is 222 Å². The summed E-state index contributed by atoms with van der Waals surface area (Å²) in [5.74, 6) is -3.25. The van der Waals surface area contributed by atoms with Crippen LogP contribution in [0.1, 0.15) is 136 Å². The van der Waals surface area contributed by atoms with E-state index in [-0.39, 0.29) is 94.6 Å². The molecule has 0 heterocycles. The van der Waals surface area contributed by atoms with Crippen LogP contribution in [0.5, 0.6) is 0 Å². The number of hydrogen-bond donors (Lipinski definition) is 4. The molecular formula is C43H78N2O14. The van der Waals surface area contributed by atoms with Gasteiger partial charge in [0.15, 0.2) is 5.78 Å². The Balaban J connectivity index is 3.59. The summed E-state index contributed by atoms with van der Waals surface area (Å²) in [5.41, 5.74) is 0. The summed E-state index contributed by atoms with van der Waals surface area (Å²) in [6.07, 6.45) is 16.1. The fourth-order valence-corrected chi connectivity index (χ4v) is 5.76. The number of rotatable bonds is 46. The SMILES string of the molecule is CC(C)C(=O)COCCOCCOCCNC(=O)COCCOCCOCCNC(=O)CC[C@H](CC(=O)CCCCCCCCCCCCCCCCC(=O)O)C(=O)O. The van der Waals surface area contributed by atoms with Crippen LogP contribution in [0, 0.1) is 11.8 Å². The van der Waals surface area contributed by atoms with E-state index in [9.17, 15) is 33.9 Å². The van der Waals surface area contributed by atoms with Gasteiger partial charge < -0.3 is 49.3 Å². The van der Waals surface area contributed by atoms with Crippen LogP contribution in [-0.4, -0.2) is 138 Å². The van der Waals surface area contributed by atoms with Crippen molar-refractivity contribution >= 4 is 35.3 Å². The third-order valence-electron chi connectivity index (χ3n) is 9.39. The number of ether oxygens (including phenoxy) is 6. The zero-order chi connectivity index (χ0) is 43.6. The third kappa shape index (κ3) is 41.5. The van der Waals surface area contributed by atoms with Gasteiger partial charge >= 0.3 is 11.9 Å². The first-order valence-electron chi connectivity index (χ1n) is 22.0. The molecule has 0 rings (SSSR count). The summed E-state index contributed by atoms with van der Waals surface area (Å²) >= 11 is 0. The molecule has 16 heteroatoms. The molecule has 0 unspecified atom stereocenters. The van der Waals surface area contributed by atoms with Gasteiger partial charge in [0.1, 0.15) is 19.0 Å². The minimum Gasteiger partial charge on any atom is -0.481 e. The van der Waals surface area contributed by atoms with Gasteiger partial charge in [-0.25, -0.2) is 0 Å². The van der Waals surface area contributed by atoms with Crippen LogP contribution < -0.4 is 10.6 Å². The van der Waals surface area contributed by atoms with E-state index in [0.717, 1.165) is 44.9 Å². The standard InChI is InChI=1S/C43H78N2O14/c1-36(2)39(47)34-58-31-29-56-27-26-55-24-22-45-41(49)35-59-32-30-57-28-25-54-23-21-44-40(48)20-19-37(43(52)53)33-38(46)17-15-13-11-9-7-5-3-4-6-8-10-12-14-16-18-42(50)51/h36-37H,3-35H2,1-2H3,(H,44,48)(H,45,49)(H,50,51)(H,52,53)/t37-/m1/s1. The monoisotopic (exact) mass is 847 g/mol. The Morgan fingerprint density at radius 2 is 0.847 bits per heavy atom. The van der Waals surface area contributed by atoms with Crippen molar-refractivity contribution in [1.29, 1.82) is 0 Å². The van der Waals surface area contributed by atoms with Gasteiger partial charge in [-0.15, -0.1) is 0 Å². The van der Waals surface area contributed by atoms with Crippen LogP contribution >= 0.6 is 0 Å². The lowest BCUT2D eigenvalue weighted by atomic mass is 9.94. The number of carboxylic acid groups (broad SMARTS) is 2. The van der Waals surface area contributed by atoms with Crippen molar-refractivity contribution in [3.05, 3.63) is 0 Å². The van der Waals surface area contributed by atoms with E-state index >= 15 is 0 Å². The molecule has 0 spiro atoms. The lowest BCUT2D eigenvalue weighted by molar-refractivity contribution is -0.144. The molecule has 0 aliphatic rings. The van der Waals surface area contributed by atoms with E-state index in [1.54, 1.807) is 0 Å². The number of carboxylic acids is 2. The van der Waals surface area contributed by atoms with E-state index in [0.29, 0.717) is 59.2 Å². The Labute approximate surface area is 352 Å². The molecule has 0 aliphatic carbocycles. The number of ketones is 2. The molecule has 4 N–H and O–H groups in total. The molecule has 0 radical (unpaired) electrons. The van der Waals surface area contributed by atoms with Crippen LogP contribution in [0.3, 0.4) is 0 Å². The molecule has 0 aromatic carbocycles. The van der Waals surface area contributed by atoms with Crippen molar-refractivity contribution in [2.24, 2.45) is 11.8 Å². The highest BCUT2D eigenvalue weighted by Crippen LogP contribution is 2.17. The molecule has 0 bridgehead atoms. The van der Waals surface area contributed by atoms with Crippen LogP contribution in [0.4, 0.5) is 0 Å². The fraction of sp³-hybridized carbons (Fsp3) is 0.860. The Bertz CT molecular complexity index is 1090. The minimum atomic E-state index is -1.06. The maximum Gasteiger partial charge on any atom is 0.306 e. The quantitative estimate of drug-likeness (QED) is 0.0571. The van der Waals surface area contributed by atoms with E-state index in [4.69, 9.17) is 33.5 Å². The van der Waals surface area contributed by atoms with Gasteiger partial charge in [-0.2, -0.15) is 0 Å². The molecule has 0 saturated carbocycles. The lowest BCUT2D eigenvalue weighted by Crippen LogP contribution is -2.31. The third-order valence-corrected chi connectivity index (χ3v) is 9.39. The van der Waals surface area contributed by atoms with Gasteiger partial charge in [-0.1, -0.05) is 90.9 Å². The van der Waals surface area contributed by atoms with Crippen LogP contribution in [0.2, 0.25) is 0 Å². The zero-order valence-electron chi connectivity index (χ0n) is 36.3. The van der Waals surface area contributed by atoms with Crippen LogP contribution in [0.25, 0.3) is 0 Å². The van der Waals surface area contributed by atoms with Gasteiger partial charge in [0.25, 0.3) is 0 Å². The second kappa shape index (κ2) is 41.7. The molecule has 0 aromatic heterocycles. The maximum atomic E-state index is 12.4. The maximum absolute atomic E-state index is 12.4. The van der Waals surface area contributed by atoms with Gasteiger partial charge in [0, 0.05) is 44.7 Å². The summed E-state index contributed by atoms with van der Waals surface area (Å²) in [5, 5.41) is 23.6. The minimum absolute atomic E-state index is 0.0186. The van der Waals surface area contributed by atoms with E-state index in [2.05, 4.69) is 10.6 Å². The molecule has 0 saturated heterocycles. The Hall–Kier alpha value is -3.02. The molecule has 0 fully saturated rings. The highest BCUT2D eigenvalue weighted by Gasteiger charge is 2.22. The molecule has 1 atom stereocenters. The molecule has 0 aliphatic heterocycles.